The minimum absolute atomic E-state index is 0.184. The Morgan fingerprint density at radius 3 is 2.77 bits per heavy atom. The van der Waals surface area contributed by atoms with Gasteiger partial charge in [0.15, 0.2) is 0 Å². The Morgan fingerprint density at radius 2 is 2.23 bits per heavy atom. The standard InChI is InChI=1S/C9H15N3O/c1-7(2)13-6-8(10)9-5-11-3-4-12-9/h3-5,7-8H,6,10H2,1-2H3. The van der Waals surface area contributed by atoms with Crippen LogP contribution in [-0.4, -0.2) is 22.7 Å². The monoisotopic (exact) mass is 181 g/mol. The molecule has 1 unspecified atom stereocenters. The molecule has 0 saturated heterocycles. The van der Waals surface area contributed by atoms with Crippen LogP contribution in [-0.2, 0) is 4.74 Å². The Balaban J connectivity index is 2.44. The lowest BCUT2D eigenvalue weighted by molar-refractivity contribution is 0.0676. The Kier molecular flexibility index (Phi) is 3.79. The van der Waals surface area contributed by atoms with Gasteiger partial charge in [0.1, 0.15) is 0 Å². The smallest absolute Gasteiger partial charge is 0.0777 e. The first-order valence-corrected chi connectivity index (χ1v) is 4.33. The van der Waals surface area contributed by atoms with E-state index in [2.05, 4.69) is 9.97 Å². The van der Waals surface area contributed by atoms with E-state index in [1.54, 1.807) is 18.6 Å². The Morgan fingerprint density at radius 1 is 1.46 bits per heavy atom. The first-order valence-electron chi connectivity index (χ1n) is 4.33. The van der Waals surface area contributed by atoms with E-state index in [4.69, 9.17) is 10.5 Å². The molecule has 0 spiro atoms. The molecular formula is C9H15N3O. The van der Waals surface area contributed by atoms with E-state index >= 15 is 0 Å². The average molecular weight is 181 g/mol. The van der Waals surface area contributed by atoms with Gasteiger partial charge in [0.05, 0.1) is 30.6 Å². The van der Waals surface area contributed by atoms with Crippen LogP contribution in [0.25, 0.3) is 0 Å². The highest BCUT2D eigenvalue weighted by Crippen LogP contribution is 2.05. The summed E-state index contributed by atoms with van der Waals surface area (Å²) in [5.74, 6) is 0. The molecule has 1 heterocycles. The van der Waals surface area contributed by atoms with Crippen molar-refractivity contribution in [1.82, 2.24) is 9.97 Å². The second kappa shape index (κ2) is 4.89. The number of nitrogens with zero attached hydrogens (tertiary/aromatic N) is 2. The maximum absolute atomic E-state index is 5.82. The SMILES string of the molecule is CC(C)OCC(N)c1cnccn1. The molecule has 1 aromatic heterocycles. The van der Waals surface area contributed by atoms with Crippen molar-refractivity contribution in [2.24, 2.45) is 5.73 Å². The Labute approximate surface area is 78.1 Å². The van der Waals surface area contributed by atoms with Crippen molar-refractivity contribution >= 4 is 0 Å². The van der Waals surface area contributed by atoms with E-state index in [0.717, 1.165) is 5.69 Å². The molecule has 0 aliphatic carbocycles. The minimum atomic E-state index is -0.184. The van der Waals surface area contributed by atoms with Gasteiger partial charge in [-0.25, -0.2) is 0 Å². The van der Waals surface area contributed by atoms with E-state index in [9.17, 15) is 0 Å². The van der Waals surface area contributed by atoms with Crippen LogP contribution in [0.1, 0.15) is 25.6 Å². The molecule has 0 radical (unpaired) electrons. The molecule has 0 aliphatic rings. The summed E-state index contributed by atoms with van der Waals surface area (Å²) < 4.78 is 5.37. The van der Waals surface area contributed by atoms with E-state index in [-0.39, 0.29) is 12.1 Å². The number of ether oxygens (including phenoxy) is 1. The summed E-state index contributed by atoms with van der Waals surface area (Å²) in [6.07, 6.45) is 5.11. The van der Waals surface area contributed by atoms with Crippen LogP contribution in [0, 0.1) is 0 Å². The van der Waals surface area contributed by atoms with Gasteiger partial charge in [0.25, 0.3) is 0 Å². The zero-order chi connectivity index (χ0) is 9.68. The third kappa shape index (κ3) is 3.48. The molecule has 1 atom stereocenters. The molecule has 0 aromatic carbocycles. The van der Waals surface area contributed by atoms with Crippen molar-refractivity contribution in [3.63, 3.8) is 0 Å². The van der Waals surface area contributed by atoms with Crippen LogP contribution in [0.4, 0.5) is 0 Å². The summed E-state index contributed by atoms with van der Waals surface area (Å²) in [6, 6.07) is -0.184. The van der Waals surface area contributed by atoms with Crippen LogP contribution in [0.5, 0.6) is 0 Å². The number of hydrogen-bond acceptors (Lipinski definition) is 4. The Hall–Kier alpha value is -1.00. The maximum Gasteiger partial charge on any atom is 0.0777 e. The van der Waals surface area contributed by atoms with E-state index in [1.165, 1.54) is 0 Å². The van der Waals surface area contributed by atoms with Gasteiger partial charge in [0, 0.05) is 12.4 Å². The van der Waals surface area contributed by atoms with Gasteiger partial charge in [-0.3, -0.25) is 9.97 Å². The van der Waals surface area contributed by atoms with Crippen molar-refractivity contribution in [3.05, 3.63) is 24.3 Å². The summed E-state index contributed by atoms with van der Waals surface area (Å²) in [4.78, 5) is 8.02. The van der Waals surface area contributed by atoms with Gasteiger partial charge in [-0.05, 0) is 13.8 Å². The third-order valence-corrected chi connectivity index (χ3v) is 1.57. The van der Waals surface area contributed by atoms with Gasteiger partial charge in [-0.15, -0.1) is 0 Å². The van der Waals surface area contributed by atoms with Crippen LogP contribution in [0.3, 0.4) is 0 Å². The molecule has 0 aliphatic heterocycles. The molecule has 1 aromatic rings. The van der Waals surface area contributed by atoms with E-state index in [0.29, 0.717) is 6.61 Å². The fourth-order valence-corrected chi connectivity index (χ4v) is 0.884. The highest BCUT2D eigenvalue weighted by Gasteiger charge is 2.07. The molecule has 1 rings (SSSR count). The maximum atomic E-state index is 5.82. The molecule has 4 heteroatoms. The van der Waals surface area contributed by atoms with Crippen LogP contribution >= 0.6 is 0 Å². The normalized spacial score (nSPS) is 13.2. The van der Waals surface area contributed by atoms with Crippen molar-refractivity contribution < 1.29 is 4.74 Å². The summed E-state index contributed by atoms with van der Waals surface area (Å²) >= 11 is 0. The number of aromatic nitrogens is 2. The molecule has 0 bridgehead atoms. The van der Waals surface area contributed by atoms with Crippen LogP contribution in [0.15, 0.2) is 18.6 Å². The van der Waals surface area contributed by atoms with Gasteiger partial charge in [-0.1, -0.05) is 0 Å². The molecule has 2 N–H and O–H groups in total. The topological polar surface area (TPSA) is 61.0 Å². The second-order valence-electron chi connectivity index (χ2n) is 3.12. The predicted octanol–water partition coefficient (Wildman–Crippen LogP) is 0.901. The quantitative estimate of drug-likeness (QED) is 0.749. The molecule has 4 nitrogen and oxygen atoms in total. The summed E-state index contributed by atoms with van der Waals surface area (Å²) in [7, 11) is 0. The predicted molar refractivity (Wildman–Crippen MR) is 50.0 cm³/mol. The second-order valence-corrected chi connectivity index (χ2v) is 3.12. The van der Waals surface area contributed by atoms with Gasteiger partial charge in [0.2, 0.25) is 0 Å². The summed E-state index contributed by atoms with van der Waals surface area (Å²) in [5, 5.41) is 0. The summed E-state index contributed by atoms with van der Waals surface area (Å²) in [6.45, 7) is 4.43. The fourth-order valence-electron chi connectivity index (χ4n) is 0.884. The van der Waals surface area contributed by atoms with Gasteiger partial charge < -0.3 is 10.5 Å². The highest BCUT2D eigenvalue weighted by atomic mass is 16.5. The van der Waals surface area contributed by atoms with Crippen LogP contribution < -0.4 is 5.73 Å². The minimum Gasteiger partial charge on any atom is -0.377 e. The number of nitrogens with two attached hydrogens (primary N) is 1. The first-order chi connectivity index (χ1) is 6.20. The lowest BCUT2D eigenvalue weighted by Gasteiger charge is -2.12. The van der Waals surface area contributed by atoms with Crippen LogP contribution in [0.2, 0.25) is 0 Å². The van der Waals surface area contributed by atoms with Gasteiger partial charge >= 0.3 is 0 Å². The van der Waals surface area contributed by atoms with E-state index in [1.807, 2.05) is 13.8 Å². The zero-order valence-electron chi connectivity index (χ0n) is 7.97. The lowest BCUT2D eigenvalue weighted by atomic mass is 10.2. The number of rotatable bonds is 4. The molecule has 0 amide bonds. The highest BCUT2D eigenvalue weighted by molar-refractivity contribution is 5.00. The number of hydrogen-bond donors (Lipinski definition) is 1. The molecular weight excluding hydrogens is 166 g/mol. The Bertz CT molecular complexity index is 238. The molecule has 0 saturated carbocycles. The van der Waals surface area contributed by atoms with Crippen molar-refractivity contribution in [2.45, 2.75) is 26.0 Å². The summed E-state index contributed by atoms with van der Waals surface area (Å²) in [5.41, 5.74) is 6.58. The van der Waals surface area contributed by atoms with Crippen molar-refractivity contribution in [1.29, 1.82) is 0 Å². The van der Waals surface area contributed by atoms with Crippen molar-refractivity contribution in [2.75, 3.05) is 6.61 Å². The fraction of sp³-hybridized carbons (Fsp3) is 0.556. The van der Waals surface area contributed by atoms with E-state index < -0.39 is 0 Å². The van der Waals surface area contributed by atoms with Crippen molar-refractivity contribution in [3.8, 4) is 0 Å². The van der Waals surface area contributed by atoms with Gasteiger partial charge in [-0.2, -0.15) is 0 Å². The largest absolute Gasteiger partial charge is 0.377 e. The molecule has 72 valence electrons. The first kappa shape index (κ1) is 10.1. The average Bonchev–Trinajstić information content (AvgIpc) is 2.15. The lowest BCUT2D eigenvalue weighted by Crippen LogP contribution is -2.20. The zero-order valence-corrected chi connectivity index (χ0v) is 7.97. The third-order valence-electron chi connectivity index (χ3n) is 1.57. The molecule has 0 fully saturated rings. The molecule has 13 heavy (non-hydrogen) atoms.